The van der Waals surface area contributed by atoms with Crippen LogP contribution in [0.15, 0.2) is 47.4 Å². The van der Waals surface area contributed by atoms with E-state index in [1.54, 1.807) is 29.2 Å². The summed E-state index contributed by atoms with van der Waals surface area (Å²) in [6, 6.07) is 10.8. The van der Waals surface area contributed by atoms with Gasteiger partial charge >= 0.3 is 0 Å². The van der Waals surface area contributed by atoms with Gasteiger partial charge in [-0.3, -0.25) is 13.9 Å². The lowest BCUT2D eigenvalue weighted by Crippen LogP contribution is -2.42. The standard InChI is InChI=1S/C20H21N3O6S/c1-28-18-7-6-14(12-15(18)20(25)22-8-10-29-11-9-22)30(26,27)23-13-19(24)21-16-4-2-3-5-17(16)23/h2-7,12H,8-11,13H2,1H3,(H,21,24). The van der Waals surface area contributed by atoms with Crippen molar-refractivity contribution in [1.29, 1.82) is 0 Å². The van der Waals surface area contributed by atoms with E-state index in [1.165, 1.54) is 25.3 Å². The third-order valence-electron chi connectivity index (χ3n) is 5.02. The molecule has 0 saturated carbocycles. The zero-order chi connectivity index (χ0) is 21.3. The molecule has 0 radical (unpaired) electrons. The number of hydrogen-bond acceptors (Lipinski definition) is 6. The number of rotatable bonds is 4. The molecule has 10 heteroatoms. The second-order valence-electron chi connectivity index (χ2n) is 6.84. The molecule has 2 aliphatic heterocycles. The summed E-state index contributed by atoms with van der Waals surface area (Å²) in [7, 11) is -2.68. The van der Waals surface area contributed by atoms with Gasteiger partial charge < -0.3 is 19.7 Å². The van der Waals surface area contributed by atoms with Gasteiger partial charge in [0.1, 0.15) is 12.3 Å². The summed E-state index contributed by atoms with van der Waals surface area (Å²) in [6.07, 6.45) is 0. The van der Waals surface area contributed by atoms with Gasteiger partial charge in [-0.15, -0.1) is 0 Å². The van der Waals surface area contributed by atoms with Crippen molar-refractivity contribution in [3.63, 3.8) is 0 Å². The summed E-state index contributed by atoms with van der Waals surface area (Å²) >= 11 is 0. The van der Waals surface area contributed by atoms with Crippen molar-refractivity contribution >= 4 is 33.2 Å². The molecule has 1 saturated heterocycles. The van der Waals surface area contributed by atoms with Gasteiger partial charge in [-0.25, -0.2) is 8.42 Å². The first-order valence-corrected chi connectivity index (χ1v) is 10.8. The van der Waals surface area contributed by atoms with Gasteiger partial charge in [0.05, 0.1) is 42.2 Å². The second-order valence-corrected chi connectivity index (χ2v) is 8.71. The normalized spacial score (nSPS) is 16.6. The number of hydrogen-bond donors (Lipinski definition) is 1. The summed E-state index contributed by atoms with van der Waals surface area (Å²) < 4.78 is 38.4. The molecule has 0 unspecified atom stereocenters. The molecule has 2 amide bonds. The van der Waals surface area contributed by atoms with Gasteiger partial charge in [0, 0.05) is 13.1 Å². The summed E-state index contributed by atoms with van der Waals surface area (Å²) in [4.78, 5) is 26.6. The number of para-hydroxylation sites is 2. The molecule has 2 aromatic carbocycles. The first-order valence-electron chi connectivity index (χ1n) is 9.38. The van der Waals surface area contributed by atoms with Crippen LogP contribution in [0.3, 0.4) is 0 Å². The molecule has 1 N–H and O–H groups in total. The van der Waals surface area contributed by atoms with Crippen LogP contribution in [0, 0.1) is 0 Å². The van der Waals surface area contributed by atoms with Crippen LogP contribution in [-0.4, -0.2) is 65.1 Å². The Hall–Kier alpha value is -3.11. The van der Waals surface area contributed by atoms with Crippen molar-refractivity contribution in [2.24, 2.45) is 0 Å². The molecule has 2 aromatic rings. The van der Waals surface area contributed by atoms with Crippen LogP contribution >= 0.6 is 0 Å². The Balaban J connectivity index is 1.75. The van der Waals surface area contributed by atoms with Gasteiger partial charge in [0.25, 0.3) is 15.9 Å². The van der Waals surface area contributed by atoms with E-state index in [-0.39, 0.29) is 28.7 Å². The molecule has 0 bridgehead atoms. The molecule has 0 aliphatic carbocycles. The molecule has 9 nitrogen and oxygen atoms in total. The van der Waals surface area contributed by atoms with Crippen molar-refractivity contribution in [2.45, 2.75) is 4.90 Å². The lowest BCUT2D eigenvalue weighted by molar-refractivity contribution is -0.115. The Labute approximate surface area is 174 Å². The third-order valence-corrected chi connectivity index (χ3v) is 6.78. The first-order chi connectivity index (χ1) is 14.4. The zero-order valence-corrected chi connectivity index (χ0v) is 17.1. The minimum atomic E-state index is -4.10. The Morgan fingerprint density at radius 1 is 1.13 bits per heavy atom. The van der Waals surface area contributed by atoms with Gasteiger partial charge in [0.15, 0.2) is 0 Å². The second kappa shape index (κ2) is 7.96. The molecule has 1 fully saturated rings. The van der Waals surface area contributed by atoms with E-state index in [9.17, 15) is 18.0 Å². The summed E-state index contributed by atoms with van der Waals surface area (Å²) in [6.45, 7) is 1.33. The highest BCUT2D eigenvalue weighted by Crippen LogP contribution is 2.34. The van der Waals surface area contributed by atoms with Crippen LogP contribution in [0.4, 0.5) is 11.4 Å². The quantitative estimate of drug-likeness (QED) is 0.783. The fraction of sp³-hybridized carbons (Fsp3) is 0.300. The molecule has 30 heavy (non-hydrogen) atoms. The van der Waals surface area contributed by atoms with E-state index in [4.69, 9.17) is 9.47 Å². The molecule has 2 aliphatic rings. The van der Waals surface area contributed by atoms with Crippen molar-refractivity contribution in [3.05, 3.63) is 48.0 Å². The number of sulfonamides is 1. The molecule has 2 heterocycles. The molecule has 0 aromatic heterocycles. The molecule has 158 valence electrons. The van der Waals surface area contributed by atoms with E-state index in [2.05, 4.69) is 5.32 Å². The molecule has 0 atom stereocenters. The highest BCUT2D eigenvalue weighted by atomic mass is 32.2. The fourth-order valence-electron chi connectivity index (χ4n) is 3.50. The van der Waals surface area contributed by atoms with E-state index >= 15 is 0 Å². The van der Waals surface area contributed by atoms with Crippen molar-refractivity contribution in [2.75, 3.05) is 49.6 Å². The lowest BCUT2D eigenvalue weighted by atomic mass is 10.1. The number of morpholine rings is 1. The van der Waals surface area contributed by atoms with Crippen molar-refractivity contribution in [3.8, 4) is 5.75 Å². The fourth-order valence-corrected chi connectivity index (χ4v) is 4.96. The lowest BCUT2D eigenvalue weighted by Gasteiger charge is -2.30. The first kappa shape index (κ1) is 20.2. The molecule has 0 spiro atoms. The monoisotopic (exact) mass is 431 g/mol. The maximum atomic E-state index is 13.4. The number of nitrogens with one attached hydrogen (secondary N) is 1. The number of carbonyl (C=O) groups excluding carboxylic acids is 2. The Morgan fingerprint density at radius 2 is 1.87 bits per heavy atom. The van der Waals surface area contributed by atoms with Crippen molar-refractivity contribution in [1.82, 2.24) is 4.90 Å². The number of benzene rings is 2. The van der Waals surface area contributed by atoms with Crippen LogP contribution < -0.4 is 14.4 Å². The van der Waals surface area contributed by atoms with E-state index in [1.807, 2.05) is 0 Å². The van der Waals surface area contributed by atoms with Crippen LogP contribution in [0.2, 0.25) is 0 Å². The van der Waals surface area contributed by atoms with Crippen LogP contribution in [0.25, 0.3) is 0 Å². The topological polar surface area (TPSA) is 105 Å². The molecule has 4 rings (SSSR count). The average molecular weight is 431 g/mol. The maximum Gasteiger partial charge on any atom is 0.264 e. The van der Waals surface area contributed by atoms with Gasteiger partial charge in [0.2, 0.25) is 5.91 Å². The van der Waals surface area contributed by atoms with E-state index in [0.29, 0.717) is 37.7 Å². The number of nitrogens with zero attached hydrogens (tertiary/aromatic N) is 2. The number of fused-ring (bicyclic) bond motifs is 1. The average Bonchev–Trinajstić information content (AvgIpc) is 2.78. The Morgan fingerprint density at radius 3 is 2.60 bits per heavy atom. The summed E-state index contributed by atoms with van der Waals surface area (Å²) in [5.74, 6) is -0.485. The van der Waals surface area contributed by atoms with E-state index < -0.39 is 15.9 Å². The van der Waals surface area contributed by atoms with Crippen LogP contribution in [0.5, 0.6) is 5.75 Å². The largest absolute Gasteiger partial charge is 0.496 e. The highest BCUT2D eigenvalue weighted by molar-refractivity contribution is 7.92. The predicted molar refractivity (Wildman–Crippen MR) is 109 cm³/mol. The zero-order valence-electron chi connectivity index (χ0n) is 16.3. The van der Waals surface area contributed by atoms with Gasteiger partial charge in [-0.05, 0) is 30.3 Å². The van der Waals surface area contributed by atoms with Crippen LogP contribution in [0.1, 0.15) is 10.4 Å². The highest BCUT2D eigenvalue weighted by Gasteiger charge is 2.33. The minimum absolute atomic E-state index is 0.0931. The summed E-state index contributed by atoms with van der Waals surface area (Å²) in [5.41, 5.74) is 0.930. The van der Waals surface area contributed by atoms with Gasteiger partial charge in [-0.2, -0.15) is 0 Å². The van der Waals surface area contributed by atoms with E-state index in [0.717, 1.165) is 4.31 Å². The van der Waals surface area contributed by atoms with Crippen LogP contribution in [-0.2, 0) is 19.6 Å². The number of carbonyl (C=O) groups is 2. The minimum Gasteiger partial charge on any atom is -0.496 e. The SMILES string of the molecule is COc1ccc(S(=O)(=O)N2CC(=O)Nc3ccccc32)cc1C(=O)N1CCOCC1. The van der Waals surface area contributed by atoms with Gasteiger partial charge in [-0.1, -0.05) is 12.1 Å². The molecular weight excluding hydrogens is 410 g/mol. The third kappa shape index (κ3) is 3.59. The predicted octanol–water partition coefficient (Wildman–Crippen LogP) is 1.31. The number of amides is 2. The Bertz CT molecular complexity index is 1100. The number of anilines is 2. The molecular formula is C20H21N3O6S. The summed E-state index contributed by atoms with van der Waals surface area (Å²) in [5, 5.41) is 2.67. The maximum absolute atomic E-state index is 13.4. The number of ether oxygens (including phenoxy) is 2. The number of methoxy groups -OCH3 is 1. The van der Waals surface area contributed by atoms with Crippen molar-refractivity contribution < 1.29 is 27.5 Å². The Kier molecular flexibility index (Phi) is 5.35. The smallest absolute Gasteiger partial charge is 0.264 e.